The van der Waals surface area contributed by atoms with Gasteiger partial charge in [-0.1, -0.05) is 32.1 Å². The third-order valence-corrected chi connectivity index (χ3v) is 6.94. The molecule has 2 N–H and O–H groups in total. The van der Waals surface area contributed by atoms with Gasteiger partial charge in [-0.15, -0.1) is 0 Å². The molecule has 2 fully saturated rings. The molecule has 0 spiro atoms. The van der Waals surface area contributed by atoms with Gasteiger partial charge >= 0.3 is 0 Å². The van der Waals surface area contributed by atoms with Crippen LogP contribution < -0.4 is 10.6 Å². The predicted octanol–water partition coefficient (Wildman–Crippen LogP) is -0.176. The van der Waals surface area contributed by atoms with Crippen molar-refractivity contribution in [2.75, 3.05) is 32.9 Å². The minimum atomic E-state index is -3.62. The molecule has 1 atom stereocenters. The Hall–Kier alpha value is -1.68. The van der Waals surface area contributed by atoms with Crippen molar-refractivity contribution >= 4 is 27.7 Å². The third-order valence-electron chi connectivity index (χ3n) is 5.75. The Kier molecular flexibility index (Phi) is 7.44. The van der Waals surface area contributed by atoms with Gasteiger partial charge in [-0.05, 0) is 19.8 Å². The van der Waals surface area contributed by atoms with Crippen LogP contribution in [0.5, 0.6) is 0 Å². The summed E-state index contributed by atoms with van der Waals surface area (Å²) in [6.07, 6.45) is 8.67. The molecular formula is C18H32N4O5S. The molecule has 160 valence electrons. The zero-order chi connectivity index (χ0) is 20.9. The van der Waals surface area contributed by atoms with Crippen LogP contribution in [0.3, 0.4) is 0 Å². The Morgan fingerprint density at radius 3 is 2.29 bits per heavy atom. The number of amides is 3. The first-order chi connectivity index (χ1) is 13.0. The first-order valence-electron chi connectivity index (χ1n) is 9.83. The molecular weight excluding hydrogens is 384 g/mol. The number of nitrogens with zero attached hydrogens (tertiary/aromatic N) is 2. The highest BCUT2D eigenvalue weighted by molar-refractivity contribution is 7.88. The average Bonchev–Trinajstić information content (AvgIpc) is 2.58. The molecule has 9 nitrogen and oxygen atoms in total. The smallest absolute Gasteiger partial charge is 0.247 e. The summed E-state index contributed by atoms with van der Waals surface area (Å²) in [5.74, 6) is -1.29. The van der Waals surface area contributed by atoms with E-state index in [1.807, 2.05) is 0 Å². The SMILES string of the molecule is CN1C(=O)CN(S(C)(=O)=O)CC1(C)C(=O)NCC(=O)NC1CCCCCCC1. The number of rotatable bonds is 5. The lowest BCUT2D eigenvalue weighted by molar-refractivity contribution is -0.150. The molecule has 28 heavy (non-hydrogen) atoms. The number of likely N-dealkylation sites (N-methyl/N-ethyl adjacent to an activating group) is 1. The van der Waals surface area contributed by atoms with Crippen molar-refractivity contribution < 1.29 is 22.8 Å². The lowest BCUT2D eigenvalue weighted by atomic mass is 9.96. The first-order valence-corrected chi connectivity index (χ1v) is 11.7. The van der Waals surface area contributed by atoms with Crippen LogP contribution >= 0.6 is 0 Å². The van der Waals surface area contributed by atoms with Crippen molar-refractivity contribution in [1.82, 2.24) is 19.8 Å². The summed E-state index contributed by atoms with van der Waals surface area (Å²) in [6.45, 7) is 0.862. The molecule has 1 aliphatic heterocycles. The summed E-state index contributed by atoms with van der Waals surface area (Å²) in [5, 5.41) is 5.54. The van der Waals surface area contributed by atoms with Crippen molar-refractivity contribution in [2.24, 2.45) is 0 Å². The molecule has 1 heterocycles. The minimum Gasteiger partial charge on any atom is -0.352 e. The maximum Gasteiger partial charge on any atom is 0.247 e. The Labute approximate surface area is 167 Å². The molecule has 1 unspecified atom stereocenters. The van der Waals surface area contributed by atoms with Crippen LogP contribution in [0.25, 0.3) is 0 Å². The van der Waals surface area contributed by atoms with Gasteiger partial charge in [0.1, 0.15) is 5.54 Å². The Balaban J connectivity index is 1.94. The van der Waals surface area contributed by atoms with Crippen LogP contribution in [0.15, 0.2) is 0 Å². The molecule has 0 radical (unpaired) electrons. The molecule has 0 bridgehead atoms. The van der Waals surface area contributed by atoms with Crippen molar-refractivity contribution in [3.63, 3.8) is 0 Å². The fourth-order valence-electron chi connectivity index (χ4n) is 3.73. The predicted molar refractivity (Wildman–Crippen MR) is 105 cm³/mol. The van der Waals surface area contributed by atoms with E-state index >= 15 is 0 Å². The molecule has 1 saturated heterocycles. The van der Waals surface area contributed by atoms with Crippen molar-refractivity contribution in [1.29, 1.82) is 0 Å². The summed E-state index contributed by atoms with van der Waals surface area (Å²) in [4.78, 5) is 38.4. The van der Waals surface area contributed by atoms with Gasteiger partial charge in [-0.2, -0.15) is 4.31 Å². The fourth-order valence-corrected chi connectivity index (χ4v) is 4.56. The van der Waals surface area contributed by atoms with E-state index in [9.17, 15) is 22.8 Å². The number of carbonyl (C=O) groups excluding carboxylic acids is 3. The lowest BCUT2D eigenvalue weighted by Gasteiger charge is -2.44. The zero-order valence-electron chi connectivity index (χ0n) is 17.0. The molecule has 10 heteroatoms. The van der Waals surface area contributed by atoms with Crippen LogP contribution in [-0.4, -0.2) is 79.9 Å². The van der Waals surface area contributed by atoms with Gasteiger partial charge in [0.05, 0.1) is 19.3 Å². The van der Waals surface area contributed by atoms with Crippen LogP contribution in [0.4, 0.5) is 0 Å². The number of carbonyl (C=O) groups is 3. The highest BCUT2D eigenvalue weighted by Crippen LogP contribution is 2.23. The van der Waals surface area contributed by atoms with E-state index in [1.54, 1.807) is 0 Å². The van der Waals surface area contributed by atoms with Gasteiger partial charge in [0.15, 0.2) is 0 Å². The molecule has 0 aromatic carbocycles. The van der Waals surface area contributed by atoms with Gasteiger partial charge in [0.25, 0.3) is 0 Å². The van der Waals surface area contributed by atoms with Crippen LogP contribution in [0.1, 0.15) is 51.9 Å². The van der Waals surface area contributed by atoms with Crippen LogP contribution in [-0.2, 0) is 24.4 Å². The van der Waals surface area contributed by atoms with Gasteiger partial charge < -0.3 is 15.5 Å². The third kappa shape index (κ3) is 5.66. The highest BCUT2D eigenvalue weighted by Gasteiger charge is 2.47. The van der Waals surface area contributed by atoms with E-state index in [2.05, 4.69) is 10.6 Å². The van der Waals surface area contributed by atoms with E-state index in [0.29, 0.717) is 0 Å². The number of nitrogens with one attached hydrogen (secondary N) is 2. The van der Waals surface area contributed by atoms with E-state index in [-0.39, 0.29) is 31.6 Å². The van der Waals surface area contributed by atoms with E-state index in [0.717, 1.165) is 36.2 Å². The molecule has 1 aliphatic carbocycles. The number of hydrogen-bond donors (Lipinski definition) is 2. The van der Waals surface area contributed by atoms with E-state index < -0.39 is 27.4 Å². The Bertz CT molecular complexity index is 703. The van der Waals surface area contributed by atoms with Crippen molar-refractivity contribution in [3.8, 4) is 0 Å². The van der Waals surface area contributed by atoms with Gasteiger partial charge in [-0.25, -0.2) is 8.42 Å². The van der Waals surface area contributed by atoms with Gasteiger partial charge in [-0.3, -0.25) is 14.4 Å². The van der Waals surface area contributed by atoms with Crippen LogP contribution in [0, 0.1) is 0 Å². The van der Waals surface area contributed by atoms with Gasteiger partial charge in [0, 0.05) is 19.6 Å². The van der Waals surface area contributed by atoms with E-state index in [4.69, 9.17) is 0 Å². The molecule has 2 aliphatic rings. The van der Waals surface area contributed by atoms with Crippen LogP contribution in [0.2, 0.25) is 0 Å². The maximum absolute atomic E-state index is 12.7. The Morgan fingerprint density at radius 1 is 1.14 bits per heavy atom. The summed E-state index contributed by atoms with van der Waals surface area (Å²) in [7, 11) is -2.15. The minimum absolute atomic E-state index is 0.125. The number of sulfonamides is 1. The normalized spacial score (nSPS) is 25.7. The first kappa shape index (κ1) is 22.6. The monoisotopic (exact) mass is 416 g/mol. The largest absolute Gasteiger partial charge is 0.352 e. The lowest BCUT2D eigenvalue weighted by Crippen LogP contribution is -2.68. The molecule has 0 aromatic rings. The van der Waals surface area contributed by atoms with Gasteiger partial charge in [0.2, 0.25) is 27.7 Å². The second-order valence-electron chi connectivity index (χ2n) is 8.05. The summed E-state index contributed by atoms with van der Waals surface area (Å²) in [6, 6.07) is 0.125. The number of piperazine rings is 1. The van der Waals surface area contributed by atoms with E-state index in [1.165, 1.54) is 38.1 Å². The average molecular weight is 417 g/mol. The highest BCUT2D eigenvalue weighted by atomic mass is 32.2. The summed E-state index contributed by atoms with van der Waals surface area (Å²) >= 11 is 0. The second kappa shape index (κ2) is 9.21. The fraction of sp³-hybridized carbons (Fsp3) is 0.833. The summed E-state index contributed by atoms with van der Waals surface area (Å²) < 4.78 is 24.7. The topological polar surface area (TPSA) is 116 Å². The Morgan fingerprint density at radius 2 is 1.71 bits per heavy atom. The summed E-state index contributed by atoms with van der Waals surface area (Å²) in [5.41, 5.74) is -1.38. The standard InChI is InChI=1S/C18H32N4O5S/c1-18(13-22(28(3,26)27)12-16(24)21(18)2)17(25)19-11-15(23)20-14-9-7-5-4-6-8-10-14/h14H,4-13H2,1-3H3,(H,19,25)(H,20,23). The molecule has 0 aromatic heterocycles. The molecule has 2 rings (SSSR count). The molecule has 3 amide bonds. The molecule has 1 saturated carbocycles. The van der Waals surface area contributed by atoms with Crippen molar-refractivity contribution in [3.05, 3.63) is 0 Å². The number of hydrogen-bond acceptors (Lipinski definition) is 5. The quantitative estimate of drug-likeness (QED) is 0.645. The van der Waals surface area contributed by atoms with Crippen molar-refractivity contribution in [2.45, 2.75) is 63.5 Å². The zero-order valence-corrected chi connectivity index (χ0v) is 17.8. The maximum atomic E-state index is 12.7. The second-order valence-corrected chi connectivity index (χ2v) is 10.0.